The number of methoxy groups -OCH3 is 1. The van der Waals surface area contributed by atoms with Gasteiger partial charge in [0, 0.05) is 0 Å². The smallest absolute Gasteiger partial charge is 0.314 e. The Labute approximate surface area is 109 Å². The maximum absolute atomic E-state index is 11.4. The molecule has 0 bridgehead atoms. The molecule has 1 aromatic carbocycles. The molecule has 0 amide bonds. The highest BCUT2D eigenvalue weighted by molar-refractivity contribution is 9.10. The van der Waals surface area contributed by atoms with E-state index in [-0.39, 0.29) is 0 Å². The molecule has 0 heterocycles. The standard InChI is InChI=1S/C13H15BrO3/c1-7-6-9(17-3)11(14)8(2)10(7)13(4-5-13)12(15)16/h6H,4-5H2,1-3H3,(H,15,16). The van der Waals surface area contributed by atoms with Gasteiger partial charge in [0.2, 0.25) is 0 Å². The summed E-state index contributed by atoms with van der Waals surface area (Å²) in [5.74, 6) is 0.0331. The van der Waals surface area contributed by atoms with E-state index in [1.165, 1.54) is 0 Å². The molecule has 1 N–H and O–H groups in total. The van der Waals surface area contributed by atoms with Gasteiger partial charge in [-0.25, -0.2) is 0 Å². The lowest BCUT2D eigenvalue weighted by Crippen LogP contribution is -2.22. The van der Waals surface area contributed by atoms with Crippen LogP contribution in [0.4, 0.5) is 0 Å². The van der Waals surface area contributed by atoms with Crippen LogP contribution in [0.2, 0.25) is 0 Å². The second-order valence-electron chi connectivity index (χ2n) is 4.60. The van der Waals surface area contributed by atoms with Gasteiger partial charge in [-0.3, -0.25) is 4.79 Å². The molecule has 1 aliphatic carbocycles. The quantitative estimate of drug-likeness (QED) is 0.932. The Hall–Kier alpha value is -1.03. The number of hydrogen-bond acceptors (Lipinski definition) is 2. The number of carboxylic acid groups (broad SMARTS) is 1. The highest BCUT2D eigenvalue weighted by Crippen LogP contribution is 2.52. The Bertz CT molecular complexity index is 490. The molecule has 0 atom stereocenters. The predicted octanol–water partition coefficient (Wildman–Crippen LogP) is 3.19. The van der Waals surface area contributed by atoms with Gasteiger partial charge in [0.25, 0.3) is 0 Å². The molecule has 1 fully saturated rings. The van der Waals surface area contributed by atoms with Gasteiger partial charge in [-0.15, -0.1) is 0 Å². The van der Waals surface area contributed by atoms with Crippen LogP contribution in [0.3, 0.4) is 0 Å². The van der Waals surface area contributed by atoms with Crippen molar-refractivity contribution in [2.24, 2.45) is 0 Å². The van der Waals surface area contributed by atoms with E-state index in [2.05, 4.69) is 15.9 Å². The fourth-order valence-corrected chi connectivity index (χ4v) is 2.98. The highest BCUT2D eigenvalue weighted by Gasteiger charge is 2.53. The minimum atomic E-state index is -0.722. The van der Waals surface area contributed by atoms with E-state index < -0.39 is 11.4 Å². The van der Waals surface area contributed by atoms with Crippen molar-refractivity contribution >= 4 is 21.9 Å². The third-order valence-corrected chi connectivity index (χ3v) is 4.51. The number of carboxylic acids is 1. The number of benzene rings is 1. The molecule has 0 unspecified atom stereocenters. The second kappa shape index (κ2) is 4.02. The summed E-state index contributed by atoms with van der Waals surface area (Å²) >= 11 is 3.48. The molecule has 1 aromatic rings. The van der Waals surface area contributed by atoms with E-state index in [4.69, 9.17) is 4.74 Å². The summed E-state index contributed by atoms with van der Waals surface area (Å²) < 4.78 is 6.12. The SMILES string of the molecule is COc1cc(C)c(C2(C(=O)O)CC2)c(C)c1Br. The maximum Gasteiger partial charge on any atom is 0.314 e. The lowest BCUT2D eigenvalue weighted by molar-refractivity contribution is -0.140. The minimum Gasteiger partial charge on any atom is -0.496 e. The van der Waals surface area contributed by atoms with Crippen LogP contribution in [0.25, 0.3) is 0 Å². The van der Waals surface area contributed by atoms with Gasteiger partial charge in [0.15, 0.2) is 0 Å². The molecule has 1 saturated carbocycles. The lowest BCUT2D eigenvalue weighted by Gasteiger charge is -2.19. The van der Waals surface area contributed by atoms with E-state index in [0.29, 0.717) is 0 Å². The number of halogens is 1. The van der Waals surface area contributed by atoms with Crippen molar-refractivity contribution in [3.05, 3.63) is 27.2 Å². The summed E-state index contributed by atoms with van der Waals surface area (Å²) in [6.45, 7) is 3.89. The average molecular weight is 299 g/mol. The van der Waals surface area contributed by atoms with Gasteiger partial charge in [-0.1, -0.05) is 0 Å². The molecule has 0 aliphatic heterocycles. The van der Waals surface area contributed by atoms with Crippen LogP contribution >= 0.6 is 15.9 Å². The topological polar surface area (TPSA) is 46.5 Å². The van der Waals surface area contributed by atoms with Crippen molar-refractivity contribution in [2.75, 3.05) is 7.11 Å². The van der Waals surface area contributed by atoms with Gasteiger partial charge < -0.3 is 9.84 Å². The molecular formula is C13H15BrO3. The summed E-state index contributed by atoms with van der Waals surface area (Å²) in [5.41, 5.74) is 2.24. The summed E-state index contributed by atoms with van der Waals surface area (Å²) in [5, 5.41) is 9.38. The van der Waals surface area contributed by atoms with Crippen LogP contribution in [0.15, 0.2) is 10.5 Å². The minimum absolute atomic E-state index is 0.664. The number of rotatable bonds is 3. The zero-order valence-electron chi connectivity index (χ0n) is 10.1. The molecule has 4 heteroatoms. The fraction of sp³-hybridized carbons (Fsp3) is 0.462. The van der Waals surface area contributed by atoms with E-state index in [0.717, 1.165) is 39.8 Å². The Morgan fingerprint density at radius 3 is 2.47 bits per heavy atom. The highest BCUT2D eigenvalue weighted by atomic mass is 79.9. The second-order valence-corrected chi connectivity index (χ2v) is 5.39. The Morgan fingerprint density at radius 2 is 2.06 bits per heavy atom. The average Bonchev–Trinajstić information content (AvgIpc) is 3.05. The zero-order valence-corrected chi connectivity index (χ0v) is 11.7. The lowest BCUT2D eigenvalue weighted by atomic mass is 9.88. The van der Waals surface area contributed by atoms with Crippen molar-refractivity contribution in [1.29, 1.82) is 0 Å². The largest absolute Gasteiger partial charge is 0.496 e. The molecular weight excluding hydrogens is 284 g/mol. The van der Waals surface area contributed by atoms with Crippen molar-refractivity contribution in [3.8, 4) is 5.75 Å². The Kier molecular flexibility index (Phi) is 2.94. The van der Waals surface area contributed by atoms with Crippen LogP contribution in [-0.4, -0.2) is 18.2 Å². The first-order chi connectivity index (χ1) is 7.94. The summed E-state index contributed by atoms with van der Waals surface area (Å²) in [6, 6.07) is 1.90. The first-order valence-corrected chi connectivity index (χ1v) is 6.31. The van der Waals surface area contributed by atoms with Crippen molar-refractivity contribution < 1.29 is 14.6 Å². The monoisotopic (exact) mass is 298 g/mol. The summed E-state index contributed by atoms with van der Waals surface area (Å²) in [6.07, 6.45) is 1.45. The number of aryl methyl sites for hydroxylation is 1. The molecule has 0 radical (unpaired) electrons. The first kappa shape index (κ1) is 12.4. The number of hydrogen-bond donors (Lipinski definition) is 1. The Morgan fingerprint density at radius 1 is 1.47 bits per heavy atom. The van der Waals surface area contributed by atoms with Crippen LogP contribution in [0.1, 0.15) is 29.5 Å². The van der Waals surface area contributed by atoms with Gasteiger partial charge in [0.1, 0.15) is 5.75 Å². The van der Waals surface area contributed by atoms with Crippen LogP contribution in [0.5, 0.6) is 5.75 Å². The van der Waals surface area contributed by atoms with E-state index in [1.54, 1.807) is 7.11 Å². The number of carbonyl (C=O) groups is 1. The zero-order chi connectivity index (χ0) is 12.8. The summed E-state index contributed by atoms with van der Waals surface area (Å²) in [4.78, 5) is 11.4. The predicted molar refractivity (Wildman–Crippen MR) is 68.7 cm³/mol. The first-order valence-electron chi connectivity index (χ1n) is 5.51. The molecule has 0 spiro atoms. The molecule has 0 saturated heterocycles. The normalized spacial score (nSPS) is 16.7. The van der Waals surface area contributed by atoms with Gasteiger partial charge >= 0.3 is 5.97 Å². The van der Waals surface area contributed by atoms with Crippen LogP contribution in [0, 0.1) is 13.8 Å². The van der Waals surface area contributed by atoms with Crippen molar-refractivity contribution in [3.63, 3.8) is 0 Å². The third-order valence-electron chi connectivity index (χ3n) is 3.52. The van der Waals surface area contributed by atoms with Crippen LogP contribution < -0.4 is 4.74 Å². The number of aliphatic carboxylic acids is 1. The molecule has 0 aromatic heterocycles. The van der Waals surface area contributed by atoms with Crippen molar-refractivity contribution in [2.45, 2.75) is 32.1 Å². The fourth-order valence-electron chi connectivity index (χ4n) is 2.50. The van der Waals surface area contributed by atoms with E-state index >= 15 is 0 Å². The van der Waals surface area contributed by atoms with E-state index in [9.17, 15) is 9.90 Å². The number of ether oxygens (including phenoxy) is 1. The maximum atomic E-state index is 11.4. The van der Waals surface area contributed by atoms with Gasteiger partial charge in [-0.2, -0.15) is 0 Å². The van der Waals surface area contributed by atoms with Crippen molar-refractivity contribution in [1.82, 2.24) is 0 Å². The van der Waals surface area contributed by atoms with Crippen LogP contribution in [-0.2, 0) is 10.2 Å². The molecule has 92 valence electrons. The van der Waals surface area contributed by atoms with E-state index in [1.807, 2.05) is 19.9 Å². The molecule has 17 heavy (non-hydrogen) atoms. The summed E-state index contributed by atoms with van der Waals surface area (Å²) in [7, 11) is 1.61. The van der Waals surface area contributed by atoms with Gasteiger partial charge in [-0.05, 0) is 65.4 Å². The molecule has 2 rings (SSSR count). The Balaban J connectivity index is 2.64. The molecule has 1 aliphatic rings. The molecule has 3 nitrogen and oxygen atoms in total. The third kappa shape index (κ3) is 1.75. The van der Waals surface area contributed by atoms with Gasteiger partial charge in [0.05, 0.1) is 17.0 Å².